The van der Waals surface area contributed by atoms with E-state index >= 15 is 0 Å². The molecule has 0 aliphatic heterocycles. The third kappa shape index (κ3) is 10.0. The molecule has 0 saturated carbocycles. The number of benzene rings is 1. The van der Waals surface area contributed by atoms with Gasteiger partial charge in [-0.1, -0.05) is 37.6 Å². The average Bonchev–Trinajstić information content (AvgIpc) is 2.53. The SMILES string of the molecule is CCN(CC)CCCNC(=NC)NCCc1cccc(Cl)c1.I. The summed E-state index contributed by atoms with van der Waals surface area (Å²) in [5.74, 6) is 0.863. The van der Waals surface area contributed by atoms with Gasteiger partial charge in [0.15, 0.2) is 5.96 Å². The summed E-state index contributed by atoms with van der Waals surface area (Å²) in [5.41, 5.74) is 1.23. The lowest BCUT2D eigenvalue weighted by atomic mass is 10.1. The zero-order valence-corrected chi connectivity index (χ0v) is 17.5. The fourth-order valence-corrected chi connectivity index (χ4v) is 2.50. The Bertz CT molecular complexity index is 450. The van der Waals surface area contributed by atoms with E-state index in [1.807, 2.05) is 18.2 Å². The first kappa shape index (κ1) is 22.5. The minimum absolute atomic E-state index is 0. The van der Waals surface area contributed by atoms with E-state index in [-0.39, 0.29) is 24.0 Å². The second-order valence-corrected chi connectivity index (χ2v) is 5.62. The molecular formula is C17H30ClIN4. The Hall–Kier alpha value is -0.530. The fourth-order valence-electron chi connectivity index (χ4n) is 2.29. The fraction of sp³-hybridized carbons (Fsp3) is 0.588. The Morgan fingerprint density at radius 3 is 2.48 bits per heavy atom. The topological polar surface area (TPSA) is 39.7 Å². The molecule has 0 heterocycles. The third-order valence-corrected chi connectivity index (χ3v) is 3.89. The molecule has 23 heavy (non-hydrogen) atoms. The van der Waals surface area contributed by atoms with Gasteiger partial charge >= 0.3 is 0 Å². The average molecular weight is 453 g/mol. The molecule has 0 radical (unpaired) electrons. The maximum atomic E-state index is 5.99. The summed E-state index contributed by atoms with van der Waals surface area (Å²) < 4.78 is 0. The highest BCUT2D eigenvalue weighted by molar-refractivity contribution is 14.0. The number of nitrogens with one attached hydrogen (secondary N) is 2. The molecule has 0 aliphatic carbocycles. The van der Waals surface area contributed by atoms with Gasteiger partial charge in [0, 0.05) is 25.2 Å². The van der Waals surface area contributed by atoms with Crippen molar-refractivity contribution in [2.24, 2.45) is 4.99 Å². The van der Waals surface area contributed by atoms with E-state index < -0.39 is 0 Å². The highest BCUT2D eigenvalue weighted by Crippen LogP contribution is 2.10. The number of rotatable bonds is 9. The summed E-state index contributed by atoms with van der Waals surface area (Å²) in [6, 6.07) is 7.98. The van der Waals surface area contributed by atoms with Crippen LogP contribution in [0.4, 0.5) is 0 Å². The van der Waals surface area contributed by atoms with E-state index in [1.165, 1.54) is 5.56 Å². The molecule has 0 fully saturated rings. The molecule has 1 rings (SSSR count). The minimum atomic E-state index is 0. The lowest BCUT2D eigenvalue weighted by Gasteiger charge is -2.18. The summed E-state index contributed by atoms with van der Waals surface area (Å²) >= 11 is 5.99. The molecule has 2 N–H and O–H groups in total. The van der Waals surface area contributed by atoms with E-state index in [4.69, 9.17) is 11.6 Å². The Labute approximate surface area is 163 Å². The first-order chi connectivity index (χ1) is 10.7. The normalized spacial score (nSPS) is 11.3. The predicted molar refractivity (Wildman–Crippen MR) is 112 cm³/mol. The van der Waals surface area contributed by atoms with Gasteiger partial charge in [-0.2, -0.15) is 0 Å². The zero-order valence-electron chi connectivity index (χ0n) is 14.4. The van der Waals surface area contributed by atoms with Gasteiger partial charge in [0.05, 0.1) is 0 Å². The van der Waals surface area contributed by atoms with Gasteiger partial charge in [-0.05, 0) is 50.2 Å². The molecule has 0 aliphatic rings. The first-order valence-electron chi connectivity index (χ1n) is 8.10. The van der Waals surface area contributed by atoms with E-state index in [0.717, 1.165) is 56.5 Å². The first-order valence-corrected chi connectivity index (χ1v) is 8.48. The van der Waals surface area contributed by atoms with Crippen molar-refractivity contribution in [3.63, 3.8) is 0 Å². The van der Waals surface area contributed by atoms with Crippen LogP contribution in [0.1, 0.15) is 25.8 Å². The van der Waals surface area contributed by atoms with Crippen LogP contribution >= 0.6 is 35.6 Å². The summed E-state index contributed by atoms with van der Waals surface area (Å²) in [5, 5.41) is 7.48. The van der Waals surface area contributed by atoms with Crippen molar-refractivity contribution in [3.8, 4) is 0 Å². The number of hydrogen-bond donors (Lipinski definition) is 2. The van der Waals surface area contributed by atoms with Crippen molar-refractivity contribution in [2.75, 3.05) is 39.8 Å². The predicted octanol–water partition coefficient (Wildman–Crippen LogP) is 3.40. The van der Waals surface area contributed by atoms with Crippen molar-refractivity contribution < 1.29 is 0 Å². The number of hydrogen-bond acceptors (Lipinski definition) is 2. The van der Waals surface area contributed by atoms with Crippen LogP contribution in [0.15, 0.2) is 29.3 Å². The molecule has 6 heteroatoms. The van der Waals surface area contributed by atoms with Gasteiger partial charge < -0.3 is 15.5 Å². The summed E-state index contributed by atoms with van der Waals surface area (Å²) in [6.07, 6.45) is 2.05. The maximum Gasteiger partial charge on any atom is 0.190 e. The molecule has 1 aromatic rings. The van der Waals surface area contributed by atoms with Crippen molar-refractivity contribution in [3.05, 3.63) is 34.9 Å². The summed E-state index contributed by atoms with van der Waals surface area (Å²) in [7, 11) is 1.80. The molecule has 4 nitrogen and oxygen atoms in total. The van der Waals surface area contributed by atoms with Crippen molar-refractivity contribution in [1.82, 2.24) is 15.5 Å². The minimum Gasteiger partial charge on any atom is -0.356 e. The van der Waals surface area contributed by atoms with Crippen LogP contribution in [-0.4, -0.2) is 50.6 Å². The quantitative estimate of drug-likeness (QED) is 0.261. The van der Waals surface area contributed by atoms with Crippen LogP contribution in [0.25, 0.3) is 0 Å². The Morgan fingerprint density at radius 2 is 1.87 bits per heavy atom. The lowest BCUT2D eigenvalue weighted by Crippen LogP contribution is -2.39. The van der Waals surface area contributed by atoms with Crippen LogP contribution in [0.3, 0.4) is 0 Å². The largest absolute Gasteiger partial charge is 0.356 e. The highest BCUT2D eigenvalue weighted by atomic mass is 127. The molecular weight excluding hydrogens is 423 g/mol. The third-order valence-electron chi connectivity index (χ3n) is 3.66. The van der Waals surface area contributed by atoms with Crippen molar-refractivity contribution in [2.45, 2.75) is 26.7 Å². The molecule has 0 aromatic heterocycles. The van der Waals surface area contributed by atoms with E-state index in [0.29, 0.717) is 0 Å². The van der Waals surface area contributed by atoms with E-state index in [9.17, 15) is 0 Å². The summed E-state index contributed by atoms with van der Waals surface area (Å²) in [6.45, 7) is 9.54. The lowest BCUT2D eigenvalue weighted by molar-refractivity contribution is 0.300. The smallest absolute Gasteiger partial charge is 0.190 e. The molecule has 0 bridgehead atoms. The van der Waals surface area contributed by atoms with Crippen LogP contribution in [0, 0.1) is 0 Å². The van der Waals surface area contributed by atoms with Crippen LogP contribution in [0.5, 0.6) is 0 Å². The highest BCUT2D eigenvalue weighted by Gasteiger charge is 2.00. The summed E-state index contributed by atoms with van der Waals surface area (Å²) in [4.78, 5) is 6.68. The molecule has 0 saturated heterocycles. The van der Waals surface area contributed by atoms with Gasteiger partial charge in [-0.15, -0.1) is 24.0 Å². The van der Waals surface area contributed by atoms with Crippen LogP contribution in [0.2, 0.25) is 5.02 Å². The molecule has 132 valence electrons. The zero-order chi connectivity index (χ0) is 16.2. The van der Waals surface area contributed by atoms with Gasteiger partial charge in [-0.25, -0.2) is 0 Å². The second kappa shape index (κ2) is 13.9. The Kier molecular flexibility index (Phi) is 13.5. The number of halogens is 2. The van der Waals surface area contributed by atoms with Gasteiger partial charge in [-0.3, -0.25) is 4.99 Å². The van der Waals surface area contributed by atoms with Crippen LogP contribution < -0.4 is 10.6 Å². The van der Waals surface area contributed by atoms with Crippen molar-refractivity contribution >= 4 is 41.5 Å². The molecule has 0 amide bonds. The molecule has 0 unspecified atom stereocenters. The Morgan fingerprint density at radius 1 is 1.17 bits per heavy atom. The second-order valence-electron chi connectivity index (χ2n) is 5.19. The van der Waals surface area contributed by atoms with Crippen LogP contribution in [-0.2, 0) is 6.42 Å². The maximum absolute atomic E-state index is 5.99. The van der Waals surface area contributed by atoms with Gasteiger partial charge in [0.2, 0.25) is 0 Å². The molecule has 0 spiro atoms. The monoisotopic (exact) mass is 452 g/mol. The van der Waals surface area contributed by atoms with Crippen molar-refractivity contribution in [1.29, 1.82) is 0 Å². The van der Waals surface area contributed by atoms with E-state index in [2.05, 4.69) is 40.4 Å². The standard InChI is InChI=1S/C17H29ClN4.HI/c1-4-22(5-2)13-7-11-20-17(19-3)21-12-10-15-8-6-9-16(18)14-15;/h6,8-9,14H,4-5,7,10-13H2,1-3H3,(H2,19,20,21);1H. The number of aliphatic imine (C=N–C) groups is 1. The van der Waals surface area contributed by atoms with Gasteiger partial charge in [0.25, 0.3) is 0 Å². The number of guanidine groups is 1. The Balaban J connectivity index is 0.00000484. The number of nitrogens with zero attached hydrogens (tertiary/aromatic N) is 2. The van der Waals surface area contributed by atoms with E-state index in [1.54, 1.807) is 7.05 Å². The molecule has 1 aromatic carbocycles. The molecule has 0 atom stereocenters. The van der Waals surface area contributed by atoms with Gasteiger partial charge in [0.1, 0.15) is 0 Å².